The van der Waals surface area contributed by atoms with E-state index in [0.29, 0.717) is 0 Å². The summed E-state index contributed by atoms with van der Waals surface area (Å²) in [4.78, 5) is 0. The molecule has 0 aliphatic heterocycles. The molecule has 0 N–H and O–H groups in total. The molecule has 28 heavy (non-hydrogen) atoms. The molecule has 168 valence electrons. The number of hydrogen-bond acceptors (Lipinski definition) is 2. The van der Waals surface area contributed by atoms with Crippen LogP contribution in [0.5, 0.6) is 0 Å². The number of hydrogen-bond donors (Lipinski definition) is 0. The minimum absolute atomic E-state index is 0.813. The average molecular weight is 429 g/mol. The fourth-order valence-electron chi connectivity index (χ4n) is 3.27. The van der Waals surface area contributed by atoms with E-state index in [9.17, 15) is 0 Å². The molecule has 0 spiro atoms. The molecule has 0 aromatic heterocycles. The lowest BCUT2D eigenvalue weighted by Gasteiger charge is -2.27. The van der Waals surface area contributed by atoms with Crippen molar-refractivity contribution in [3.63, 3.8) is 0 Å². The standard InChI is InChI=1S/C24H52O2Si2/c1-8-9-10-11-12-13-14-15-16-17-18-19-20-21-22-23-24(25-27(2,3)4)26-28(5,6)7/h23H,8-22H2,1-7H3. The summed E-state index contributed by atoms with van der Waals surface area (Å²) in [5.74, 6) is 0.813. The van der Waals surface area contributed by atoms with Crippen molar-refractivity contribution in [3.05, 3.63) is 12.0 Å². The van der Waals surface area contributed by atoms with E-state index in [1.165, 1.54) is 89.9 Å². The van der Waals surface area contributed by atoms with Crippen LogP contribution < -0.4 is 0 Å². The van der Waals surface area contributed by atoms with Crippen molar-refractivity contribution in [1.82, 2.24) is 0 Å². The second-order valence-electron chi connectivity index (χ2n) is 10.3. The maximum Gasteiger partial charge on any atom is 0.247 e. The van der Waals surface area contributed by atoms with Gasteiger partial charge in [0.25, 0.3) is 0 Å². The molecule has 0 aliphatic rings. The Kier molecular flexibility index (Phi) is 16.4. The molecule has 0 fully saturated rings. The van der Waals surface area contributed by atoms with E-state index in [0.717, 1.165) is 12.4 Å². The lowest BCUT2D eigenvalue weighted by Crippen LogP contribution is -2.31. The second-order valence-corrected chi connectivity index (χ2v) is 19.2. The fraction of sp³-hybridized carbons (Fsp3) is 0.917. The maximum atomic E-state index is 6.15. The summed E-state index contributed by atoms with van der Waals surface area (Å²) in [6.45, 7) is 15.6. The van der Waals surface area contributed by atoms with Gasteiger partial charge in [-0.1, -0.05) is 90.4 Å². The number of rotatable bonds is 19. The maximum absolute atomic E-state index is 6.15. The van der Waals surface area contributed by atoms with Crippen molar-refractivity contribution >= 4 is 16.6 Å². The van der Waals surface area contributed by atoms with Crippen LogP contribution in [0.3, 0.4) is 0 Å². The van der Waals surface area contributed by atoms with E-state index in [-0.39, 0.29) is 0 Å². The van der Waals surface area contributed by atoms with Gasteiger partial charge < -0.3 is 8.85 Å². The summed E-state index contributed by atoms with van der Waals surface area (Å²) < 4.78 is 12.3. The Bertz CT molecular complexity index is 363. The molecular weight excluding hydrogens is 376 g/mol. The first-order valence-electron chi connectivity index (χ1n) is 12.2. The summed E-state index contributed by atoms with van der Waals surface area (Å²) in [6, 6.07) is 0. The van der Waals surface area contributed by atoms with Crippen LogP contribution in [-0.4, -0.2) is 16.6 Å². The van der Waals surface area contributed by atoms with Gasteiger partial charge in [-0.2, -0.15) is 0 Å². The van der Waals surface area contributed by atoms with Crippen molar-refractivity contribution in [3.8, 4) is 0 Å². The predicted octanol–water partition coefficient (Wildman–Crippen LogP) is 9.40. The zero-order valence-corrected chi connectivity index (χ0v) is 22.5. The summed E-state index contributed by atoms with van der Waals surface area (Å²) in [6.07, 6.45) is 23.0. The van der Waals surface area contributed by atoms with Crippen molar-refractivity contribution in [2.75, 3.05) is 0 Å². The van der Waals surface area contributed by atoms with Crippen LogP contribution in [0.2, 0.25) is 39.3 Å². The van der Waals surface area contributed by atoms with Crippen LogP contribution in [0, 0.1) is 0 Å². The van der Waals surface area contributed by atoms with E-state index < -0.39 is 16.6 Å². The molecule has 0 aromatic carbocycles. The Hall–Kier alpha value is -0.226. The van der Waals surface area contributed by atoms with Crippen molar-refractivity contribution < 1.29 is 8.85 Å². The van der Waals surface area contributed by atoms with E-state index >= 15 is 0 Å². The Labute approximate surface area is 180 Å². The molecule has 0 aromatic rings. The second kappa shape index (κ2) is 16.6. The van der Waals surface area contributed by atoms with Crippen LogP contribution in [0.25, 0.3) is 0 Å². The molecule has 0 atom stereocenters. The summed E-state index contributed by atoms with van der Waals surface area (Å²) in [7, 11) is -3.20. The normalized spacial score (nSPS) is 12.1. The van der Waals surface area contributed by atoms with Gasteiger partial charge in [0.05, 0.1) is 0 Å². The van der Waals surface area contributed by atoms with Gasteiger partial charge in [-0.15, -0.1) is 0 Å². The highest BCUT2D eigenvalue weighted by molar-refractivity contribution is 6.71. The Balaban J connectivity index is 3.65. The van der Waals surface area contributed by atoms with Gasteiger partial charge in [-0.05, 0) is 58.2 Å². The minimum atomic E-state index is -1.60. The largest absolute Gasteiger partial charge is 0.521 e. The van der Waals surface area contributed by atoms with Crippen molar-refractivity contribution in [1.29, 1.82) is 0 Å². The lowest BCUT2D eigenvalue weighted by atomic mass is 10.0. The lowest BCUT2D eigenvalue weighted by molar-refractivity contribution is 0.214. The molecule has 0 bridgehead atoms. The van der Waals surface area contributed by atoms with Crippen molar-refractivity contribution in [2.45, 2.75) is 143 Å². The monoisotopic (exact) mass is 428 g/mol. The Morgan fingerprint density at radius 1 is 0.536 bits per heavy atom. The zero-order valence-electron chi connectivity index (χ0n) is 20.5. The number of unbranched alkanes of at least 4 members (excludes halogenated alkanes) is 14. The quantitative estimate of drug-likeness (QED) is 0.116. The molecule has 0 amide bonds. The van der Waals surface area contributed by atoms with Gasteiger partial charge in [0.15, 0.2) is 0 Å². The van der Waals surface area contributed by atoms with E-state index in [1.54, 1.807) is 0 Å². The first kappa shape index (κ1) is 27.8. The number of allylic oxidation sites excluding steroid dienone is 1. The van der Waals surface area contributed by atoms with Gasteiger partial charge >= 0.3 is 0 Å². The molecule has 0 heterocycles. The predicted molar refractivity (Wildman–Crippen MR) is 132 cm³/mol. The third kappa shape index (κ3) is 22.1. The van der Waals surface area contributed by atoms with Gasteiger partial charge in [0, 0.05) is 0 Å². The SMILES string of the molecule is CCCCCCCCCCCCCCCCC=C(O[Si](C)(C)C)O[Si](C)(C)C. The molecule has 2 nitrogen and oxygen atoms in total. The molecule has 0 radical (unpaired) electrons. The molecule has 0 unspecified atom stereocenters. The van der Waals surface area contributed by atoms with Crippen LogP contribution in [0.1, 0.15) is 103 Å². The van der Waals surface area contributed by atoms with Crippen LogP contribution in [0.4, 0.5) is 0 Å². The minimum Gasteiger partial charge on any atom is -0.521 e. The summed E-state index contributed by atoms with van der Waals surface area (Å²) >= 11 is 0. The molecule has 0 aliphatic carbocycles. The smallest absolute Gasteiger partial charge is 0.247 e. The molecule has 0 saturated carbocycles. The highest BCUT2D eigenvalue weighted by Crippen LogP contribution is 2.19. The summed E-state index contributed by atoms with van der Waals surface area (Å²) in [5, 5.41) is 0. The highest BCUT2D eigenvalue weighted by atomic mass is 28.4. The van der Waals surface area contributed by atoms with E-state index in [4.69, 9.17) is 8.85 Å². The third-order valence-electron chi connectivity index (χ3n) is 4.68. The van der Waals surface area contributed by atoms with Crippen LogP contribution in [-0.2, 0) is 8.85 Å². The van der Waals surface area contributed by atoms with Crippen molar-refractivity contribution in [2.24, 2.45) is 0 Å². The van der Waals surface area contributed by atoms with E-state index in [1.807, 2.05) is 0 Å². The van der Waals surface area contributed by atoms with Crippen LogP contribution in [0.15, 0.2) is 12.0 Å². The first-order valence-corrected chi connectivity index (χ1v) is 19.0. The molecule has 0 rings (SSSR count). The van der Waals surface area contributed by atoms with E-state index in [2.05, 4.69) is 52.3 Å². The van der Waals surface area contributed by atoms with Gasteiger partial charge in [-0.25, -0.2) is 0 Å². The highest BCUT2D eigenvalue weighted by Gasteiger charge is 2.23. The third-order valence-corrected chi connectivity index (χ3v) is 6.31. The van der Waals surface area contributed by atoms with Gasteiger partial charge in [0.2, 0.25) is 22.6 Å². The molecular formula is C24H52O2Si2. The Morgan fingerprint density at radius 2 is 0.857 bits per heavy atom. The average Bonchev–Trinajstić information content (AvgIpc) is 2.55. The van der Waals surface area contributed by atoms with Gasteiger partial charge in [-0.3, -0.25) is 0 Å². The van der Waals surface area contributed by atoms with Gasteiger partial charge in [0.1, 0.15) is 0 Å². The molecule has 0 saturated heterocycles. The van der Waals surface area contributed by atoms with Crippen LogP contribution >= 0.6 is 0 Å². The fourth-order valence-corrected chi connectivity index (χ4v) is 4.81. The zero-order chi connectivity index (χ0) is 21.3. The first-order chi connectivity index (χ1) is 13.1. The topological polar surface area (TPSA) is 18.5 Å². The Morgan fingerprint density at radius 3 is 1.18 bits per heavy atom. The summed E-state index contributed by atoms with van der Waals surface area (Å²) in [5.41, 5.74) is 0. The molecule has 4 heteroatoms.